The molecule has 3 aromatic rings. The summed E-state index contributed by atoms with van der Waals surface area (Å²) in [6, 6.07) is 3.60. The van der Waals surface area contributed by atoms with Crippen LogP contribution in [0.1, 0.15) is 17.6 Å². The fraction of sp³-hybridized carbons (Fsp3) is 0.467. The first-order chi connectivity index (χ1) is 11.8. The van der Waals surface area contributed by atoms with Crippen LogP contribution >= 0.6 is 0 Å². The summed E-state index contributed by atoms with van der Waals surface area (Å²) in [5.74, 6) is 2.95. The van der Waals surface area contributed by atoms with Gasteiger partial charge in [0.1, 0.15) is 0 Å². The molecule has 126 valence electrons. The molecular weight excluding hydrogens is 312 g/mol. The topological polar surface area (TPSA) is 97.5 Å². The second kappa shape index (κ2) is 6.54. The van der Waals surface area contributed by atoms with Crippen molar-refractivity contribution in [2.45, 2.75) is 20.0 Å². The predicted molar refractivity (Wildman–Crippen MR) is 81.6 cm³/mol. The SMILES string of the molecule is Cc1noc(CN2CCN(Cc3nnc(-c4ccco4)o3)CC2)n1. The largest absolute Gasteiger partial charge is 0.459 e. The van der Waals surface area contributed by atoms with Crippen LogP contribution in [0, 0.1) is 6.92 Å². The maximum Gasteiger partial charge on any atom is 0.283 e. The first-order valence-corrected chi connectivity index (χ1v) is 7.86. The number of piperazine rings is 1. The minimum Gasteiger partial charge on any atom is -0.459 e. The Morgan fingerprint density at radius 3 is 2.42 bits per heavy atom. The highest BCUT2D eigenvalue weighted by Gasteiger charge is 2.21. The van der Waals surface area contributed by atoms with Crippen LogP contribution in [0.25, 0.3) is 11.7 Å². The summed E-state index contributed by atoms with van der Waals surface area (Å²) < 4.78 is 16.1. The molecule has 0 aromatic carbocycles. The van der Waals surface area contributed by atoms with Gasteiger partial charge in [0.2, 0.25) is 11.8 Å². The van der Waals surface area contributed by atoms with E-state index in [1.165, 1.54) is 0 Å². The van der Waals surface area contributed by atoms with Crippen molar-refractivity contribution < 1.29 is 13.4 Å². The van der Waals surface area contributed by atoms with E-state index < -0.39 is 0 Å². The normalized spacial score (nSPS) is 16.7. The van der Waals surface area contributed by atoms with Crippen LogP contribution in [-0.2, 0) is 13.1 Å². The van der Waals surface area contributed by atoms with Crippen molar-refractivity contribution in [1.82, 2.24) is 30.1 Å². The van der Waals surface area contributed by atoms with E-state index in [-0.39, 0.29) is 0 Å². The van der Waals surface area contributed by atoms with Crippen LogP contribution in [0.5, 0.6) is 0 Å². The van der Waals surface area contributed by atoms with Crippen LogP contribution < -0.4 is 0 Å². The minimum absolute atomic E-state index is 0.417. The Labute approximate surface area is 138 Å². The molecular formula is C15H18N6O3. The summed E-state index contributed by atoms with van der Waals surface area (Å²) in [5.41, 5.74) is 0. The van der Waals surface area contributed by atoms with Crippen molar-refractivity contribution in [1.29, 1.82) is 0 Å². The molecule has 0 bridgehead atoms. The zero-order valence-corrected chi connectivity index (χ0v) is 13.4. The molecule has 0 saturated carbocycles. The van der Waals surface area contributed by atoms with Crippen LogP contribution in [0.15, 0.2) is 31.8 Å². The summed E-state index contributed by atoms with van der Waals surface area (Å²) in [7, 11) is 0. The molecule has 0 atom stereocenters. The van der Waals surface area contributed by atoms with Crippen molar-refractivity contribution in [3.8, 4) is 11.7 Å². The van der Waals surface area contributed by atoms with Gasteiger partial charge in [0.15, 0.2) is 11.6 Å². The third kappa shape index (κ3) is 3.36. The van der Waals surface area contributed by atoms with Gasteiger partial charge in [0, 0.05) is 26.2 Å². The molecule has 1 saturated heterocycles. The highest BCUT2D eigenvalue weighted by Crippen LogP contribution is 2.19. The lowest BCUT2D eigenvalue weighted by Crippen LogP contribution is -2.45. The van der Waals surface area contributed by atoms with Crippen LogP contribution in [0.2, 0.25) is 0 Å². The molecule has 0 N–H and O–H groups in total. The van der Waals surface area contributed by atoms with E-state index in [1.807, 2.05) is 6.92 Å². The van der Waals surface area contributed by atoms with Gasteiger partial charge >= 0.3 is 0 Å². The van der Waals surface area contributed by atoms with Crippen LogP contribution in [0.3, 0.4) is 0 Å². The molecule has 0 aliphatic carbocycles. The van der Waals surface area contributed by atoms with Gasteiger partial charge in [-0.3, -0.25) is 9.80 Å². The van der Waals surface area contributed by atoms with Gasteiger partial charge in [-0.25, -0.2) is 0 Å². The van der Waals surface area contributed by atoms with Crippen molar-refractivity contribution in [3.63, 3.8) is 0 Å². The molecule has 0 amide bonds. The molecule has 0 unspecified atom stereocenters. The number of hydrogen-bond donors (Lipinski definition) is 0. The third-order valence-corrected chi connectivity index (χ3v) is 3.95. The number of aryl methyl sites for hydroxylation is 1. The van der Waals surface area contributed by atoms with E-state index in [0.717, 1.165) is 26.2 Å². The van der Waals surface area contributed by atoms with E-state index in [2.05, 4.69) is 30.1 Å². The standard InChI is InChI=1S/C15H18N6O3/c1-11-16-13(24-19-11)9-20-4-6-21(7-5-20)10-14-17-18-15(23-14)12-3-2-8-22-12/h2-3,8H,4-7,9-10H2,1H3. The van der Waals surface area contributed by atoms with Gasteiger partial charge in [-0.1, -0.05) is 5.16 Å². The number of nitrogens with zero attached hydrogens (tertiary/aromatic N) is 6. The van der Waals surface area contributed by atoms with Gasteiger partial charge in [0.05, 0.1) is 19.4 Å². The number of aromatic nitrogens is 4. The van der Waals surface area contributed by atoms with Crippen molar-refractivity contribution in [3.05, 3.63) is 36.0 Å². The van der Waals surface area contributed by atoms with Crippen molar-refractivity contribution in [2.75, 3.05) is 26.2 Å². The van der Waals surface area contributed by atoms with Gasteiger partial charge in [-0.15, -0.1) is 10.2 Å². The molecule has 24 heavy (non-hydrogen) atoms. The lowest BCUT2D eigenvalue weighted by molar-refractivity contribution is 0.105. The van der Waals surface area contributed by atoms with E-state index in [4.69, 9.17) is 13.4 Å². The lowest BCUT2D eigenvalue weighted by Gasteiger charge is -2.32. The maximum atomic E-state index is 5.65. The number of furan rings is 1. The molecule has 9 heteroatoms. The molecule has 3 aromatic heterocycles. The monoisotopic (exact) mass is 330 g/mol. The van der Waals surface area contributed by atoms with E-state index >= 15 is 0 Å². The number of rotatable bonds is 5. The second-order valence-corrected chi connectivity index (χ2v) is 5.77. The Kier molecular flexibility index (Phi) is 4.09. The van der Waals surface area contributed by atoms with Gasteiger partial charge < -0.3 is 13.4 Å². The molecule has 1 aliphatic rings. The molecule has 1 fully saturated rings. The minimum atomic E-state index is 0.417. The molecule has 0 spiro atoms. The maximum absolute atomic E-state index is 5.65. The molecule has 4 heterocycles. The number of hydrogen-bond acceptors (Lipinski definition) is 9. The summed E-state index contributed by atoms with van der Waals surface area (Å²) in [6.45, 7) is 6.86. The zero-order valence-electron chi connectivity index (χ0n) is 13.4. The third-order valence-electron chi connectivity index (χ3n) is 3.95. The van der Waals surface area contributed by atoms with E-state index in [0.29, 0.717) is 42.3 Å². The van der Waals surface area contributed by atoms with Crippen molar-refractivity contribution >= 4 is 0 Å². The zero-order chi connectivity index (χ0) is 16.4. The predicted octanol–water partition coefficient (Wildman–Crippen LogP) is 1.34. The highest BCUT2D eigenvalue weighted by atomic mass is 16.5. The molecule has 9 nitrogen and oxygen atoms in total. The van der Waals surface area contributed by atoms with Gasteiger partial charge in [-0.2, -0.15) is 4.98 Å². The van der Waals surface area contributed by atoms with E-state index in [9.17, 15) is 0 Å². The Bertz CT molecular complexity index is 773. The molecule has 0 radical (unpaired) electrons. The Balaban J connectivity index is 1.29. The first kappa shape index (κ1) is 15.0. The average Bonchev–Trinajstić information content (AvgIpc) is 3.31. The molecule has 1 aliphatic heterocycles. The summed E-state index contributed by atoms with van der Waals surface area (Å²) in [5, 5.41) is 11.9. The fourth-order valence-corrected chi connectivity index (χ4v) is 2.71. The summed E-state index contributed by atoms with van der Waals surface area (Å²) >= 11 is 0. The van der Waals surface area contributed by atoms with Crippen LogP contribution in [-0.4, -0.2) is 56.3 Å². The molecule has 4 rings (SSSR count). The van der Waals surface area contributed by atoms with Crippen LogP contribution in [0.4, 0.5) is 0 Å². The lowest BCUT2D eigenvalue weighted by atomic mass is 10.3. The second-order valence-electron chi connectivity index (χ2n) is 5.77. The fourth-order valence-electron chi connectivity index (χ4n) is 2.71. The Morgan fingerprint density at radius 2 is 1.79 bits per heavy atom. The highest BCUT2D eigenvalue weighted by molar-refractivity contribution is 5.42. The Hall–Kier alpha value is -2.52. The first-order valence-electron chi connectivity index (χ1n) is 7.86. The summed E-state index contributed by atoms with van der Waals surface area (Å²) in [4.78, 5) is 8.83. The average molecular weight is 330 g/mol. The Morgan fingerprint density at radius 1 is 1.04 bits per heavy atom. The van der Waals surface area contributed by atoms with Crippen molar-refractivity contribution in [2.24, 2.45) is 0 Å². The van der Waals surface area contributed by atoms with Gasteiger partial charge in [-0.05, 0) is 19.1 Å². The quantitative estimate of drug-likeness (QED) is 0.686. The van der Waals surface area contributed by atoms with E-state index in [1.54, 1.807) is 18.4 Å². The smallest absolute Gasteiger partial charge is 0.283 e. The summed E-state index contributed by atoms with van der Waals surface area (Å²) in [6.07, 6.45) is 1.59. The van der Waals surface area contributed by atoms with Gasteiger partial charge in [0.25, 0.3) is 5.89 Å².